The second kappa shape index (κ2) is 4.45. The fraction of sp³-hybridized carbons (Fsp3) is 0.0667. The summed E-state index contributed by atoms with van der Waals surface area (Å²) in [4.78, 5) is 10.8. The Morgan fingerprint density at radius 3 is 2.50 bits per heavy atom. The lowest BCUT2D eigenvalue weighted by atomic mass is 10.1. The Morgan fingerprint density at radius 2 is 1.67 bits per heavy atom. The lowest BCUT2D eigenvalue weighted by Gasteiger charge is -2.18. The first-order chi connectivity index (χ1) is 8.86. The van der Waals surface area contributed by atoms with Crippen LogP contribution < -0.4 is 4.90 Å². The molecule has 2 aromatic heterocycles. The molecule has 0 aliphatic heterocycles. The first kappa shape index (κ1) is 10.7. The summed E-state index contributed by atoms with van der Waals surface area (Å²) in [5, 5.41) is 2.32. The van der Waals surface area contributed by atoms with Crippen molar-refractivity contribution in [3.8, 4) is 0 Å². The van der Waals surface area contributed by atoms with Gasteiger partial charge in [0.05, 0.1) is 0 Å². The molecule has 0 unspecified atom stereocenters. The maximum absolute atomic E-state index is 4.47. The molecule has 0 atom stereocenters. The van der Waals surface area contributed by atoms with Gasteiger partial charge < -0.3 is 4.90 Å². The van der Waals surface area contributed by atoms with Gasteiger partial charge in [-0.05, 0) is 23.6 Å². The fourth-order valence-electron chi connectivity index (χ4n) is 2.03. The van der Waals surface area contributed by atoms with Gasteiger partial charge in [-0.25, -0.2) is 9.97 Å². The van der Waals surface area contributed by atoms with Crippen molar-refractivity contribution < 1.29 is 0 Å². The topological polar surface area (TPSA) is 29.0 Å². The van der Waals surface area contributed by atoms with Crippen molar-refractivity contribution in [2.45, 2.75) is 0 Å². The molecule has 0 saturated heterocycles. The SMILES string of the molecule is CN(c1ccccn1)c1nccc2ccccc12. The first-order valence-corrected chi connectivity index (χ1v) is 5.85. The van der Waals surface area contributed by atoms with Gasteiger partial charge in [-0.1, -0.05) is 30.3 Å². The highest BCUT2D eigenvalue weighted by Crippen LogP contribution is 2.27. The molecule has 0 amide bonds. The number of pyridine rings is 2. The molecule has 88 valence electrons. The molecule has 0 radical (unpaired) electrons. The zero-order valence-electron chi connectivity index (χ0n) is 10.1. The molecule has 3 rings (SSSR count). The van der Waals surface area contributed by atoms with Crippen molar-refractivity contribution in [1.29, 1.82) is 0 Å². The zero-order valence-corrected chi connectivity index (χ0v) is 10.1. The van der Waals surface area contributed by atoms with E-state index >= 15 is 0 Å². The molecular formula is C15H13N3. The summed E-state index contributed by atoms with van der Waals surface area (Å²) in [5.74, 6) is 1.81. The van der Waals surface area contributed by atoms with Crippen LogP contribution in [0.2, 0.25) is 0 Å². The summed E-state index contributed by atoms with van der Waals surface area (Å²) in [6.07, 6.45) is 3.62. The third kappa shape index (κ3) is 1.80. The third-order valence-corrected chi connectivity index (χ3v) is 2.96. The molecule has 0 fully saturated rings. The highest BCUT2D eigenvalue weighted by molar-refractivity contribution is 5.93. The van der Waals surface area contributed by atoms with Gasteiger partial charge in [-0.15, -0.1) is 0 Å². The second-order valence-corrected chi connectivity index (χ2v) is 4.10. The van der Waals surface area contributed by atoms with Crippen LogP contribution in [0.5, 0.6) is 0 Å². The molecule has 0 saturated carbocycles. The predicted octanol–water partition coefficient (Wildman–Crippen LogP) is 3.40. The lowest BCUT2D eigenvalue weighted by Crippen LogP contribution is -2.12. The Hall–Kier alpha value is -2.42. The maximum Gasteiger partial charge on any atom is 0.141 e. The van der Waals surface area contributed by atoms with Crippen LogP contribution in [-0.2, 0) is 0 Å². The lowest BCUT2D eigenvalue weighted by molar-refractivity contribution is 1.09. The Morgan fingerprint density at radius 1 is 0.833 bits per heavy atom. The molecule has 3 nitrogen and oxygen atoms in total. The smallest absolute Gasteiger partial charge is 0.141 e. The van der Waals surface area contributed by atoms with Gasteiger partial charge in [0, 0.05) is 24.8 Å². The van der Waals surface area contributed by atoms with Gasteiger partial charge in [-0.2, -0.15) is 0 Å². The van der Waals surface area contributed by atoms with Crippen LogP contribution in [-0.4, -0.2) is 17.0 Å². The van der Waals surface area contributed by atoms with E-state index < -0.39 is 0 Å². The number of fused-ring (bicyclic) bond motifs is 1. The quantitative estimate of drug-likeness (QED) is 0.681. The minimum atomic E-state index is 0.890. The van der Waals surface area contributed by atoms with Crippen molar-refractivity contribution in [1.82, 2.24) is 9.97 Å². The van der Waals surface area contributed by atoms with Crippen molar-refractivity contribution in [3.05, 3.63) is 60.9 Å². The summed E-state index contributed by atoms with van der Waals surface area (Å²) in [7, 11) is 1.98. The van der Waals surface area contributed by atoms with Crippen molar-refractivity contribution in [2.75, 3.05) is 11.9 Å². The Labute approximate surface area is 106 Å². The van der Waals surface area contributed by atoms with E-state index in [0.29, 0.717) is 0 Å². The van der Waals surface area contributed by atoms with Crippen molar-refractivity contribution in [3.63, 3.8) is 0 Å². The van der Waals surface area contributed by atoms with Gasteiger partial charge in [0.2, 0.25) is 0 Å². The van der Waals surface area contributed by atoms with Crippen LogP contribution in [0.4, 0.5) is 11.6 Å². The second-order valence-electron chi connectivity index (χ2n) is 4.10. The highest BCUT2D eigenvalue weighted by Gasteiger charge is 2.09. The Balaban J connectivity index is 2.15. The maximum atomic E-state index is 4.47. The van der Waals surface area contributed by atoms with E-state index in [1.54, 1.807) is 6.20 Å². The molecule has 0 aliphatic carbocycles. The predicted molar refractivity (Wildman–Crippen MR) is 74.0 cm³/mol. The molecule has 2 heterocycles. The minimum Gasteiger partial charge on any atom is -0.314 e. The summed E-state index contributed by atoms with van der Waals surface area (Å²) in [6, 6.07) is 16.1. The molecule has 0 bridgehead atoms. The van der Waals surface area contributed by atoms with E-state index in [9.17, 15) is 0 Å². The van der Waals surface area contributed by atoms with Crippen LogP contribution in [0.1, 0.15) is 0 Å². The van der Waals surface area contributed by atoms with Gasteiger partial charge in [0.1, 0.15) is 11.6 Å². The summed E-state index contributed by atoms with van der Waals surface area (Å²) < 4.78 is 0. The van der Waals surface area contributed by atoms with Gasteiger partial charge in [-0.3, -0.25) is 0 Å². The molecule has 0 aliphatic rings. The fourth-order valence-corrected chi connectivity index (χ4v) is 2.03. The standard InChI is InChI=1S/C15H13N3/c1-18(14-8-4-5-10-16-14)15-13-7-3-2-6-12(13)9-11-17-15/h2-11H,1H3. The molecule has 0 N–H and O–H groups in total. The largest absolute Gasteiger partial charge is 0.314 e. The van der Waals surface area contributed by atoms with Gasteiger partial charge >= 0.3 is 0 Å². The summed E-state index contributed by atoms with van der Waals surface area (Å²) in [6.45, 7) is 0. The zero-order chi connectivity index (χ0) is 12.4. The van der Waals surface area contributed by atoms with Crippen molar-refractivity contribution in [2.24, 2.45) is 0 Å². The number of hydrogen-bond donors (Lipinski definition) is 0. The van der Waals surface area contributed by atoms with Crippen LogP contribution in [0, 0.1) is 0 Å². The molecule has 0 spiro atoms. The molecule has 18 heavy (non-hydrogen) atoms. The number of rotatable bonds is 2. The summed E-state index contributed by atoms with van der Waals surface area (Å²) >= 11 is 0. The van der Waals surface area contributed by atoms with Gasteiger partial charge in [0.25, 0.3) is 0 Å². The summed E-state index contributed by atoms with van der Waals surface area (Å²) in [5.41, 5.74) is 0. The molecular weight excluding hydrogens is 222 g/mol. The minimum absolute atomic E-state index is 0.890. The Kier molecular flexibility index (Phi) is 2.65. The van der Waals surface area contributed by atoms with Crippen LogP contribution in [0.15, 0.2) is 60.9 Å². The monoisotopic (exact) mass is 235 g/mol. The van der Waals surface area contributed by atoms with Crippen molar-refractivity contribution >= 4 is 22.4 Å². The normalized spacial score (nSPS) is 10.5. The number of hydrogen-bond acceptors (Lipinski definition) is 3. The van der Waals surface area contributed by atoms with Crippen LogP contribution >= 0.6 is 0 Å². The molecule has 3 aromatic rings. The number of nitrogens with zero attached hydrogens (tertiary/aromatic N) is 3. The van der Waals surface area contributed by atoms with E-state index in [2.05, 4.69) is 22.1 Å². The third-order valence-electron chi connectivity index (χ3n) is 2.96. The van der Waals surface area contributed by atoms with E-state index in [1.807, 2.05) is 54.5 Å². The van der Waals surface area contributed by atoms with E-state index in [1.165, 1.54) is 5.39 Å². The Bertz CT molecular complexity index is 659. The van der Waals surface area contributed by atoms with Crippen LogP contribution in [0.3, 0.4) is 0 Å². The number of benzene rings is 1. The first-order valence-electron chi connectivity index (χ1n) is 5.85. The van der Waals surface area contributed by atoms with Gasteiger partial charge in [0.15, 0.2) is 0 Å². The number of anilines is 2. The van der Waals surface area contributed by atoms with E-state index in [4.69, 9.17) is 0 Å². The average molecular weight is 235 g/mol. The molecule has 3 heteroatoms. The molecule has 1 aromatic carbocycles. The van der Waals surface area contributed by atoms with E-state index in [-0.39, 0.29) is 0 Å². The van der Waals surface area contributed by atoms with E-state index in [0.717, 1.165) is 17.0 Å². The van der Waals surface area contributed by atoms with Crippen LogP contribution in [0.25, 0.3) is 10.8 Å². The number of aromatic nitrogens is 2. The highest BCUT2D eigenvalue weighted by atomic mass is 15.2. The average Bonchev–Trinajstić information content (AvgIpc) is 2.47.